The van der Waals surface area contributed by atoms with E-state index in [0.29, 0.717) is 22.2 Å². The Morgan fingerprint density at radius 3 is 1.90 bits per heavy atom. The lowest BCUT2D eigenvalue weighted by Gasteiger charge is -2.50. The van der Waals surface area contributed by atoms with E-state index in [9.17, 15) is 9.59 Å². The SMILES string of the molecule is O=C1C[C@]2(CC3c4ccccc4C2c2ccccc23)C(=O)N1c1cc(Cl)cc(Cl)c1. The molecule has 0 unspecified atom stereocenters. The van der Waals surface area contributed by atoms with Crippen molar-refractivity contribution in [1.29, 1.82) is 0 Å². The number of carbonyl (C=O) groups excluding carboxylic acids is 2. The fourth-order valence-corrected chi connectivity index (χ4v) is 6.40. The second-order valence-corrected chi connectivity index (χ2v) is 9.32. The minimum absolute atomic E-state index is 0.113. The van der Waals surface area contributed by atoms with Crippen LogP contribution in [0, 0.1) is 5.41 Å². The van der Waals surface area contributed by atoms with Crippen LogP contribution >= 0.6 is 23.2 Å². The van der Waals surface area contributed by atoms with Crippen molar-refractivity contribution >= 4 is 40.7 Å². The number of imide groups is 1. The summed E-state index contributed by atoms with van der Waals surface area (Å²) >= 11 is 12.3. The summed E-state index contributed by atoms with van der Waals surface area (Å²) in [5.41, 5.74) is 4.55. The van der Waals surface area contributed by atoms with Gasteiger partial charge in [-0.3, -0.25) is 9.59 Å². The molecule has 0 radical (unpaired) electrons. The summed E-state index contributed by atoms with van der Waals surface area (Å²) in [6.07, 6.45) is 0.834. The molecular weight excluding hydrogens is 417 g/mol. The van der Waals surface area contributed by atoms with Crippen LogP contribution in [-0.2, 0) is 9.59 Å². The van der Waals surface area contributed by atoms with E-state index in [1.165, 1.54) is 27.2 Å². The molecule has 3 aromatic rings. The van der Waals surface area contributed by atoms with Crippen LogP contribution in [0.2, 0.25) is 10.0 Å². The number of anilines is 1. The van der Waals surface area contributed by atoms with Crippen LogP contribution in [-0.4, -0.2) is 11.8 Å². The molecule has 7 rings (SSSR count). The predicted molar refractivity (Wildman–Crippen MR) is 117 cm³/mol. The molecular formula is C25H17Cl2NO2. The summed E-state index contributed by atoms with van der Waals surface area (Å²) in [7, 11) is 0. The lowest BCUT2D eigenvalue weighted by atomic mass is 9.51. The van der Waals surface area contributed by atoms with E-state index < -0.39 is 5.41 Å². The second-order valence-electron chi connectivity index (χ2n) is 8.44. The van der Waals surface area contributed by atoms with E-state index in [2.05, 4.69) is 36.4 Å². The number of nitrogens with zero attached hydrogens (tertiary/aromatic N) is 1. The van der Waals surface area contributed by atoms with Gasteiger partial charge in [0.25, 0.3) is 0 Å². The predicted octanol–water partition coefficient (Wildman–Crippen LogP) is 5.92. The maximum absolute atomic E-state index is 13.9. The smallest absolute Gasteiger partial charge is 0.241 e. The highest BCUT2D eigenvalue weighted by atomic mass is 35.5. The molecule has 0 N–H and O–H groups in total. The van der Waals surface area contributed by atoms with Crippen LogP contribution < -0.4 is 4.90 Å². The third kappa shape index (κ3) is 2.28. The Hall–Kier alpha value is -2.62. The van der Waals surface area contributed by atoms with Gasteiger partial charge in [-0.05, 0) is 46.9 Å². The minimum atomic E-state index is -0.779. The molecule has 1 atom stereocenters. The van der Waals surface area contributed by atoms with Gasteiger partial charge in [0.2, 0.25) is 11.8 Å². The number of halogens is 2. The average Bonchev–Trinajstić information content (AvgIpc) is 2.97. The van der Waals surface area contributed by atoms with Gasteiger partial charge in [-0.15, -0.1) is 0 Å². The van der Waals surface area contributed by atoms with E-state index in [4.69, 9.17) is 23.2 Å². The van der Waals surface area contributed by atoms with Crippen molar-refractivity contribution in [3.8, 4) is 0 Å². The Morgan fingerprint density at radius 1 is 0.800 bits per heavy atom. The first kappa shape index (κ1) is 18.2. The van der Waals surface area contributed by atoms with Gasteiger partial charge in [0, 0.05) is 28.3 Å². The van der Waals surface area contributed by atoms with Gasteiger partial charge in [-0.25, -0.2) is 4.90 Å². The first-order chi connectivity index (χ1) is 14.5. The number of amides is 2. The number of hydrogen-bond acceptors (Lipinski definition) is 2. The van der Waals surface area contributed by atoms with E-state index in [1.807, 2.05) is 12.1 Å². The Morgan fingerprint density at radius 2 is 1.33 bits per heavy atom. The first-order valence-electron chi connectivity index (χ1n) is 10.0. The van der Waals surface area contributed by atoms with Gasteiger partial charge in [0.15, 0.2) is 0 Å². The molecule has 1 heterocycles. The summed E-state index contributed by atoms with van der Waals surface area (Å²) in [5, 5.41) is 0.805. The molecule has 1 spiro atoms. The van der Waals surface area contributed by atoms with Gasteiger partial charge >= 0.3 is 0 Å². The highest BCUT2D eigenvalue weighted by molar-refractivity contribution is 6.35. The normalized spacial score (nSPS) is 26.3. The highest BCUT2D eigenvalue weighted by Gasteiger charge is 2.62. The zero-order valence-corrected chi connectivity index (χ0v) is 17.5. The topological polar surface area (TPSA) is 37.4 Å². The van der Waals surface area contributed by atoms with Crippen molar-refractivity contribution in [2.75, 3.05) is 4.90 Å². The minimum Gasteiger partial charge on any atom is -0.274 e. The van der Waals surface area contributed by atoms with Crippen LogP contribution in [0.1, 0.15) is 46.9 Å². The molecule has 2 amide bonds. The van der Waals surface area contributed by atoms with Crippen molar-refractivity contribution in [2.24, 2.45) is 5.41 Å². The summed E-state index contributed by atoms with van der Waals surface area (Å²) in [5.74, 6) is -0.362. The van der Waals surface area contributed by atoms with Crippen LogP contribution in [0.3, 0.4) is 0 Å². The monoisotopic (exact) mass is 433 g/mol. The van der Waals surface area contributed by atoms with E-state index in [1.54, 1.807) is 18.2 Å². The van der Waals surface area contributed by atoms with Crippen molar-refractivity contribution < 1.29 is 9.59 Å². The number of benzene rings is 3. The molecule has 4 aliphatic rings. The van der Waals surface area contributed by atoms with Crippen LogP contribution in [0.15, 0.2) is 66.7 Å². The fraction of sp³-hybridized carbons (Fsp3) is 0.200. The third-order valence-corrected chi connectivity index (χ3v) is 7.37. The Kier molecular flexibility index (Phi) is 3.75. The largest absolute Gasteiger partial charge is 0.274 e. The van der Waals surface area contributed by atoms with Crippen molar-refractivity contribution in [1.82, 2.24) is 0 Å². The molecule has 0 saturated carbocycles. The van der Waals surface area contributed by atoms with Crippen molar-refractivity contribution in [2.45, 2.75) is 24.7 Å². The van der Waals surface area contributed by atoms with Gasteiger partial charge < -0.3 is 0 Å². The Bertz CT molecular complexity index is 1190. The van der Waals surface area contributed by atoms with Crippen LogP contribution in [0.5, 0.6) is 0 Å². The van der Waals surface area contributed by atoms with Gasteiger partial charge in [-0.2, -0.15) is 0 Å². The molecule has 3 aliphatic carbocycles. The lowest BCUT2D eigenvalue weighted by molar-refractivity contribution is -0.127. The Balaban J connectivity index is 1.55. The van der Waals surface area contributed by atoms with Crippen molar-refractivity contribution in [3.63, 3.8) is 0 Å². The maximum atomic E-state index is 13.9. The van der Waals surface area contributed by atoms with E-state index >= 15 is 0 Å². The average molecular weight is 434 g/mol. The molecule has 148 valence electrons. The molecule has 1 fully saturated rings. The highest BCUT2D eigenvalue weighted by Crippen LogP contribution is 2.64. The summed E-state index contributed by atoms with van der Waals surface area (Å²) < 4.78 is 0. The molecule has 1 aliphatic heterocycles. The number of rotatable bonds is 1. The molecule has 2 bridgehead atoms. The van der Waals surface area contributed by atoms with E-state index in [0.717, 1.165) is 0 Å². The summed E-state index contributed by atoms with van der Waals surface area (Å²) in [4.78, 5) is 28.4. The summed E-state index contributed by atoms with van der Waals surface area (Å²) in [6, 6.07) is 21.5. The molecule has 1 saturated heterocycles. The van der Waals surface area contributed by atoms with Gasteiger partial charge in [-0.1, -0.05) is 71.7 Å². The lowest BCUT2D eigenvalue weighted by Crippen LogP contribution is -2.47. The first-order valence-corrected chi connectivity index (χ1v) is 10.8. The standard InChI is InChI=1S/C25H17Cl2NO2/c26-14-9-15(27)11-16(10-14)28-22(29)13-25(24(28)30)12-21-17-5-1-3-7-19(17)23(25)20-8-4-2-6-18(20)21/h1-11,21,23H,12-13H2/t21?,23?,25-/m0/s1. The zero-order chi connectivity index (χ0) is 20.6. The summed E-state index contributed by atoms with van der Waals surface area (Å²) in [6.45, 7) is 0. The van der Waals surface area contributed by atoms with Gasteiger partial charge in [0.05, 0.1) is 11.1 Å². The zero-order valence-electron chi connectivity index (χ0n) is 15.9. The molecule has 0 aromatic heterocycles. The maximum Gasteiger partial charge on any atom is 0.241 e. The Labute approximate surface area is 184 Å². The van der Waals surface area contributed by atoms with E-state index in [-0.39, 0.29) is 30.1 Å². The number of carbonyl (C=O) groups is 2. The molecule has 3 aromatic carbocycles. The molecule has 30 heavy (non-hydrogen) atoms. The van der Waals surface area contributed by atoms with Crippen molar-refractivity contribution in [3.05, 3.63) is 99.0 Å². The number of hydrogen-bond donors (Lipinski definition) is 0. The van der Waals surface area contributed by atoms with Crippen LogP contribution in [0.25, 0.3) is 0 Å². The van der Waals surface area contributed by atoms with Gasteiger partial charge in [0.1, 0.15) is 0 Å². The molecule has 5 heteroatoms. The van der Waals surface area contributed by atoms with Crippen LogP contribution in [0.4, 0.5) is 5.69 Å². The quantitative estimate of drug-likeness (QED) is 0.446. The fourth-order valence-electron chi connectivity index (χ4n) is 5.89. The second kappa shape index (κ2) is 6.19. The molecule has 3 nitrogen and oxygen atoms in total. The third-order valence-electron chi connectivity index (χ3n) is 6.94.